The lowest BCUT2D eigenvalue weighted by molar-refractivity contribution is -0.120. The minimum absolute atomic E-state index is 0.290. The maximum atomic E-state index is 13.6. The number of anilines is 1. The van der Waals surface area contributed by atoms with Crippen LogP contribution in [0.1, 0.15) is 39.2 Å². The van der Waals surface area contributed by atoms with Gasteiger partial charge in [0.2, 0.25) is 0 Å². The number of hydrogen-bond donors (Lipinski definition) is 0. The normalized spacial score (nSPS) is 17.7. The molecule has 0 aliphatic carbocycles. The minimum Gasteiger partial charge on any atom is -0.493 e. The Morgan fingerprint density at radius 2 is 1.72 bits per heavy atom. The van der Waals surface area contributed by atoms with Crippen molar-refractivity contribution in [2.45, 2.75) is 33.6 Å². The largest absolute Gasteiger partial charge is 0.493 e. The lowest BCUT2D eigenvalue weighted by Crippen LogP contribution is -2.38. The van der Waals surface area contributed by atoms with E-state index in [9.17, 15) is 9.59 Å². The average Bonchev–Trinajstić information content (AvgIpc) is 3.03. The predicted molar refractivity (Wildman–Crippen MR) is 128 cm³/mol. The van der Waals surface area contributed by atoms with Gasteiger partial charge in [-0.25, -0.2) is 4.90 Å². The molecular formula is C26H29ClN2O3. The van der Waals surface area contributed by atoms with E-state index in [0.29, 0.717) is 40.4 Å². The molecule has 2 amide bonds. The summed E-state index contributed by atoms with van der Waals surface area (Å²) in [5.41, 5.74) is 2.14. The minimum atomic E-state index is -0.318. The third-order valence-electron chi connectivity index (χ3n) is 5.95. The summed E-state index contributed by atoms with van der Waals surface area (Å²) in [4.78, 5) is 30.5. The first-order valence-electron chi connectivity index (χ1n) is 11.2. The van der Waals surface area contributed by atoms with E-state index in [2.05, 4.69) is 25.7 Å². The zero-order valence-electron chi connectivity index (χ0n) is 18.8. The summed E-state index contributed by atoms with van der Waals surface area (Å²) in [6.45, 7) is 8.56. The molecule has 2 heterocycles. The van der Waals surface area contributed by atoms with Crippen LogP contribution in [0.5, 0.6) is 5.75 Å². The Kier molecular flexibility index (Phi) is 6.56. The van der Waals surface area contributed by atoms with Gasteiger partial charge in [-0.1, -0.05) is 50.6 Å². The number of benzene rings is 2. The molecule has 4 rings (SSSR count). The second-order valence-electron chi connectivity index (χ2n) is 9.05. The third-order valence-corrected chi connectivity index (χ3v) is 6.19. The molecular weight excluding hydrogens is 424 g/mol. The molecule has 0 N–H and O–H groups in total. The van der Waals surface area contributed by atoms with Crippen LogP contribution in [-0.4, -0.2) is 36.4 Å². The average molecular weight is 453 g/mol. The summed E-state index contributed by atoms with van der Waals surface area (Å²) in [6, 6.07) is 14.3. The van der Waals surface area contributed by atoms with E-state index in [0.717, 1.165) is 37.2 Å². The van der Waals surface area contributed by atoms with Gasteiger partial charge in [0.1, 0.15) is 11.4 Å². The molecule has 0 unspecified atom stereocenters. The molecule has 0 spiro atoms. The summed E-state index contributed by atoms with van der Waals surface area (Å²) in [5.74, 6) is 1.18. The van der Waals surface area contributed by atoms with Gasteiger partial charge in [0, 0.05) is 18.1 Å². The van der Waals surface area contributed by atoms with Crippen molar-refractivity contribution < 1.29 is 14.3 Å². The van der Waals surface area contributed by atoms with Gasteiger partial charge in [-0.2, -0.15) is 0 Å². The zero-order chi connectivity index (χ0) is 22.8. The van der Waals surface area contributed by atoms with Crippen molar-refractivity contribution in [3.8, 4) is 5.75 Å². The van der Waals surface area contributed by atoms with E-state index < -0.39 is 0 Å². The number of rotatable bonds is 6. The summed E-state index contributed by atoms with van der Waals surface area (Å²) >= 11 is 6.16. The van der Waals surface area contributed by atoms with Crippen LogP contribution < -0.4 is 9.64 Å². The van der Waals surface area contributed by atoms with Crippen LogP contribution in [0.25, 0.3) is 5.57 Å². The number of carbonyl (C=O) groups excluding carboxylic acids is 2. The quantitative estimate of drug-likeness (QED) is 0.551. The zero-order valence-corrected chi connectivity index (χ0v) is 19.6. The van der Waals surface area contributed by atoms with Crippen molar-refractivity contribution in [2.75, 3.05) is 24.6 Å². The highest BCUT2D eigenvalue weighted by molar-refractivity contribution is 6.45. The number of imide groups is 1. The second kappa shape index (κ2) is 9.37. The molecule has 2 aromatic carbocycles. The Bertz CT molecular complexity index is 1040. The number of nitrogens with zero attached hydrogens (tertiary/aromatic N) is 2. The van der Waals surface area contributed by atoms with Gasteiger partial charge in [-0.3, -0.25) is 9.59 Å². The predicted octanol–water partition coefficient (Wildman–Crippen LogP) is 5.39. The lowest BCUT2D eigenvalue weighted by atomic mass is 9.97. The number of hydrogen-bond acceptors (Lipinski definition) is 4. The fraction of sp³-hybridized carbons (Fsp3) is 0.385. The first-order chi connectivity index (χ1) is 15.3. The molecule has 0 bridgehead atoms. The maximum Gasteiger partial charge on any atom is 0.282 e. The molecule has 2 aliphatic rings. The second-order valence-corrected chi connectivity index (χ2v) is 9.48. The number of carbonyl (C=O) groups is 2. The fourth-order valence-electron chi connectivity index (χ4n) is 4.13. The van der Waals surface area contributed by atoms with Gasteiger partial charge >= 0.3 is 0 Å². The van der Waals surface area contributed by atoms with Gasteiger partial charge in [-0.15, -0.1) is 0 Å². The Hall–Kier alpha value is -2.79. The van der Waals surface area contributed by atoms with E-state index in [1.165, 1.54) is 4.90 Å². The van der Waals surface area contributed by atoms with Gasteiger partial charge < -0.3 is 9.64 Å². The molecule has 2 aliphatic heterocycles. The smallest absolute Gasteiger partial charge is 0.282 e. The van der Waals surface area contributed by atoms with Crippen LogP contribution in [0.3, 0.4) is 0 Å². The molecule has 6 heteroatoms. The molecule has 1 fully saturated rings. The molecule has 1 saturated heterocycles. The van der Waals surface area contributed by atoms with Crippen molar-refractivity contribution in [3.05, 3.63) is 64.8 Å². The molecule has 2 aromatic rings. The van der Waals surface area contributed by atoms with Crippen molar-refractivity contribution in [3.63, 3.8) is 0 Å². The highest BCUT2D eigenvalue weighted by atomic mass is 35.5. The van der Waals surface area contributed by atoms with Gasteiger partial charge in [-0.05, 0) is 60.6 Å². The molecule has 32 heavy (non-hydrogen) atoms. The molecule has 0 atom stereocenters. The Morgan fingerprint density at radius 3 is 2.34 bits per heavy atom. The van der Waals surface area contributed by atoms with E-state index in [-0.39, 0.29) is 11.8 Å². The van der Waals surface area contributed by atoms with Crippen LogP contribution in [0.2, 0.25) is 5.02 Å². The standard InChI is InChI=1S/C26H29ClN2O3/c1-17(2)16-32-22-9-7-19(8-10-22)23-24(28-13-11-18(3)12-14-28)26(31)29(25(23)30)21-6-4-5-20(27)15-21/h4-10,15,17-18H,11-14,16H2,1-3H3. The number of likely N-dealkylation sites (tertiary alicyclic amines) is 1. The Labute approximate surface area is 194 Å². The number of ether oxygens (including phenoxy) is 1. The van der Waals surface area contributed by atoms with Crippen LogP contribution in [0.4, 0.5) is 5.69 Å². The van der Waals surface area contributed by atoms with Crippen molar-refractivity contribution >= 4 is 34.7 Å². The van der Waals surface area contributed by atoms with Gasteiger partial charge in [0.15, 0.2) is 0 Å². The lowest BCUT2D eigenvalue weighted by Gasteiger charge is -2.32. The molecule has 0 radical (unpaired) electrons. The first kappa shape index (κ1) is 22.4. The summed E-state index contributed by atoms with van der Waals surface area (Å²) in [6.07, 6.45) is 1.99. The number of amides is 2. The molecule has 168 valence electrons. The van der Waals surface area contributed by atoms with Gasteiger partial charge in [0.25, 0.3) is 11.8 Å². The van der Waals surface area contributed by atoms with Gasteiger partial charge in [0.05, 0.1) is 17.9 Å². The van der Waals surface area contributed by atoms with E-state index in [4.69, 9.17) is 16.3 Å². The molecule has 0 aromatic heterocycles. The van der Waals surface area contributed by atoms with E-state index >= 15 is 0 Å². The monoisotopic (exact) mass is 452 g/mol. The topological polar surface area (TPSA) is 49.9 Å². The van der Waals surface area contributed by atoms with Crippen molar-refractivity contribution in [1.29, 1.82) is 0 Å². The van der Waals surface area contributed by atoms with Crippen LogP contribution in [0, 0.1) is 11.8 Å². The summed E-state index contributed by atoms with van der Waals surface area (Å²) in [5, 5.41) is 0.483. The highest BCUT2D eigenvalue weighted by Crippen LogP contribution is 2.37. The van der Waals surface area contributed by atoms with Crippen LogP contribution in [-0.2, 0) is 9.59 Å². The molecule has 5 nitrogen and oxygen atoms in total. The van der Waals surface area contributed by atoms with Crippen molar-refractivity contribution in [2.24, 2.45) is 11.8 Å². The Morgan fingerprint density at radius 1 is 1.03 bits per heavy atom. The first-order valence-corrected chi connectivity index (χ1v) is 11.6. The summed E-state index contributed by atoms with van der Waals surface area (Å²) in [7, 11) is 0. The fourth-order valence-corrected chi connectivity index (χ4v) is 4.32. The highest BCUT2D eigenvalue weighted by Gasteiger charge is 2.43. The van der Waals surface area contributed by atoms with Crippen LogP contribution in [0.15, 0.2) is 54.2 Å². The summed E-state index contributed by atoms with van der Waals surface area (Å²) < 4.78 is 5.79. The van der Waals surface area contributed by atoms with Crippen molar-refractivity contribution in [1.82, 2.24) is 4.90 Å². The number of piperidine rings is 1. The third kappa shape index (κ3) is 4.53. The van der Waals surface area contributed by atoms with E-state index in [1.807, 2.05) is 24.3 Å². The Balaban J connectivity index is 1.72. The SMILES string of the molecule is CC(C)COc1ccc(C2=C(N3CCC(C)CC3)C(=O)N(c3cccc(Cl)c3)C2=O)cc1. The van der Waals surface area contributed by atoms with E-state index in [1.54, 1.807) is 24.3 Å². The maximum absolute atomic E-state index is 13.6. The van der Waals surface area contributed by atoms with Crippen LogP contribution >= 0.6 is 11.6 Å². The molecule has 0 saturated carbocycles. The number of halogens is 1.